The molecule has 1 aliphatic heterocycles. The van der Waals surface area contributed by atoms with Gasteiger partial charge in [-0.3, -0.25) is 9.79 Å². The maximum Gasteiger partial charge on any atom is 0.275 e. The van der Waals surface area contributed by atoms with Gasteiger partial charge < -0.3 is 11.1 Å². The Bertz CT molecular complexity index is 1250. The molecule has 12 heteroatoms. The van der Waals surface area contributed by atoms with Crippen molar-refractivity contribution in [3.8, 4) is 0 Å². The van der Waals surface area contributed by atoms with Gasteiger partial charge in [-0.2, -0.15) is 0 Å². The number of nitrogens with two attached hydrogens (primary N) is 1. The lowest BCUT2D eigenvalue weighted by Crippen LogP contribution is -2.62. The molecule has 1 unspecified atom stereocenters. The average Bonchev–Trinajstić information content (AvgIpc) is 2.74. The van der Waals surface area contributed by atoms with Crippen molar-refractivity contribution in [1.82, 2.24) is 4.98 Å². The largest absolute Gasteiger partial charge is 0.386 e. The van der Waals surface area contributed by atoms with Crippen molar-refractivity contribution < 1.29 is 22.0 Å². The van der Waals surface area contributed by atoms with E-state index in [-0.39, 0.29) is 33.4 Å². The maximum absolute atomic E-state index is 14.9. The third kappa shape index (κ3) is 3.98. The van der Waals surface area contributed by atoms with Gasteiger partial charge in [0.1, 0.15) is 29.6 Å². The highest BCUT2D eigenvalue weighted by Crippen LogP contribution is 2.45. The predicted octanol–water partition coefficient (Wildman–Crippen LogP) is 4.29. The Labute approximate surface area is 200 Å². The molecular formula is C21H22Cl2F2N4O3S. The van der Waals surface area contributed by atoms with Gasteiger partial charge in [-0.15, -0.1) is 0 Å². The number of hydrogen-bond acceptors (Lipinski definition) is 6. The summed E-state index contributed by atoms with van der Waals surface area (Å²) in [5, 5.41) is 1.50. The van der Waals surface area contributed by atoms with Crippen molar-refractivity contribution in [3.63, 3.8) is 0 Å². The second-order valence-corrected chi connectivity index (χ2v) is 11.4. The number of amides is 1. The van der Waals surface area contributed by atoms with Crippen LogP contribution in [0.1, 0.15) is 43.2 Å². The molecule has 1 aromatic carbocycles. The van der Waals surface area contributed by atoms with E-state index in [0.29, 0.717) is 0 Å². The standard InChI is InChI=1S/C21H22Cl2F2N4O3S/c1-4-21(10-24)19(26)29-20(3,11(2)33(21,31)32)14-8-13(5-6-16(14)25)28-18(30)17-15(23)7-12(22)9-27-17/h5-9,11H,4,10H2,1-3H3,(H2,26,29)(H,28,30)/t11?,20-,21-/m0/s1. The van der Waals surface area contributed by atoms with Crippen LogP contribution < -0.4 is 11.1 Å². The fraction of sp³-hybridized carbons (Fsp3) is 0.381. The Hall–Kier alpha value is -2.30. The van der Waals surface area contributed by atoms with Gasteiger partial charge in [0.05, 0.1) is 15.3 Å². The number of aromatic nitrogens is 1. The van der Waals surface area contributed by atoms with Gasteiger partial charge in [-0.05, 0) is 44.5 Å². The minimum absolute atomic E-state index is 0.0146. The molecule has 3 atom stereocenters. The summed E-state index contributed by atoms with van der Waals surface area (Å²) in [5.41, 5.74) is 4.20. The monoisotopic (exact) mass is 518 g/mol. The van der Waals surface area contributed by atoms with E-state index in [2.05, 4.69) is 15.3 Å². The summed E-state index contributed by atoms with van der Waals surface area (Å²) >= 11 is 11.8. The number of rotatable bonds is 5. The van der Waals surface area contributed by atoms with Crippen LogP contribution in [0.2, 0.25) is 10.0 Å². The molecule has 0 radical (unpaired) electrons. The van der Waals surface area contributed by atoms with Gasteiger partial charge in [-0.25, -0.2) is 22.2 Å². The fourth-order valence-corrected chi connectivity index (χ4v) is 6.71. The third-order valence-corrected chi connectivity index (χ3v) is 9.78. The van der Waals surface area contributed by atoms with Crippen LogP contribution in [-0.2, 0) is 15.4 Å². The number of hydrogen-bond donors (Lipinski definition) is 2. The van der Waals surface area contributed by atoms with E-state index in [4.69, 9.17) is 28.9 Å². The van der Waals surface area contributed by atoms with E-state index in [0.717, 1.165) is 6.07 Å². The average molecular weight is 519 g/mol. The summed E-state index contributed by atoms with van der Waals surface area (Å²) in [5.74, 6) is -1.87. The molecule has 0 aliphatic carbocycles. The number of nitrogens with one attached hydrogen (secondary N) is 1. The normalized spacial score (nSPS) is 26.5. The summed E-state index contributed by atoms with van der Waals surface area (Å²) in [7, 11) is -4.20. The van der Waals surface area contributed by atoms with Crippen molar-refractivity contribution >= 4 is 50.5 Å². The minimum atomic E-state index is -4.20. The number of carbonyl (C=O) groups excluding carboxylic acids is 1. The number of aliphatic imine (C=N–C) groups is 1. The summed E-state index contributed by atoms with van der Waals surface area (Å²) in [4.78, 5) is 20.8. The minimum Gasteiger partial charge on any atom is -0.386 e. The number of amidine groups is 1. The number of carbonyl (C=O) groups is 1. The molecule has 0 saturated carbocycles. The number of pyridine rings is 1. The number of nitrogens with zero attached hydrogens (tertiary/aromatic N) is 2. The molecule has 3 N–H and O–H groups in total. The molecule has 2 heterocycles. The Morgan fingerprint density at radius 3 is 2.55 bits per heavy atom. The quantitative estimate of drug-likeness (QED) is 0.612. The molecule has 2 aromatic rings. The highest BCUT2D eigenvalue weighted by atomic mass is 35.5. The second kappa shape index (κ2) is 8.81. The molecule has 33 heavy (non-hydrogen) atoms. The first-order valence-electron chi connectivity index (χ1n) is 9.91. The van der Waals surface area contributed by atoms with E-state index in [9.17, 15) is 22.0 Å². The van der Waals surface area contributed by atoms with Crippen molar-refractivity contribution in [2.75, 3.05) is 12.0 Å². The molecule has 0 spiro atoms. The zero-order valence-electron chi connectivity index (χ0n) is 18.0. The van der Waals surface area contributed by atoms with Crippen molar-refractivity contribution in [2.24, 2.45) is 10.7 Å². The third-order valence-electron chi connectivity index (χ3n) is 6.20. The molecule has 1 aliphatic rings. The van der Waals surface area contributed by atoms with Crippen LogP contribution in [0.4, 0.5) is 14.5 Å². The lowest BCUT2D eigenvalue weighted by Gasteiger charge is -2.44. The van der Waals surface area contributed by atoms with Gasteiger partial charge >= 0.3 is 0 Å². The number of sulfone groups is 1. The molecule has 1 aromatic heterocycles. The van der Waals surface area contributed by atoms with Crippen LogP contribution in [0.25, 0.3) is 0 Å². The van der Waals surface area contributed by atoms with E-state index in [1.54, 1.807) is 0 Å². The van der Waals surface area contributed by atoms with E-state index in [1.165, 1.54) is 45.2 Å². The highest BCUT2D eigenvalue weighted by Gasteiger charge is 2.59. The molecule has 7 nitrogen and oxygen atoms in total. The maximum atomic E-state index is 14.9. The van der Waals surface area contributed by atoms with Crippen molar-refractivity contribution in [1.29, 1.82) is 0 Å². The van der Waals surface area contributed by atoms with Gasteiger partial charge in [-0.1, -0.05) is 30.1 Å². The Morgan fingerprint density at radius 1 is 1.30 bits per heavy atom. The first-order valence-corrected chi connectivity index (χ1v) is 12.2. The topological polar surface area (TPSA) is 115 Å². The Morgan fingerprint density at radius 2 is 1.97 bits per heavy atom. The summed E-state index contributed by atoms with van der Waals surface area (Å²) < 4.78 is 53.5. The molecule has 3 rings (SSSR count). The SMILES string of the molecule is CC[C@]1(CF)C(N)=N[C@](C)(c2cc(NC(=O)c3ncc(Cl)cc3Cl)ccc2F)C(C)S1(=O)=O. The van der Waals surface area contributed by atoms with Crippen LogP contribution in [-0.4, -0.2) is 41.8 Å². The summed E-state index contributed by atoms with van der Waals surface area (Å²) in [6.45, 7) is 3.01. The van der Waals surface area contributed by atoms with E-state index >= 15 is 0 Å². The highest BCUT2D eigenvalue weighted by molar-refractivity contribution is 7.94. The second-order valence-electron chi connectivity index (χ2n) is 7.95. The van der Waals surface area contributed by atoms with Gasteiger partial charge in [0.15, 0.2) is 14.6 Å². The Kier molecular flexibility index (Phi) is 6.76. The smallest absolute Gasteiger partial charge is 0.275 e. The first-order chi connectivity index (χ1) is 15.3. The molecule has 1 amide bonds. The summed E-state index contributed by atoms with van der Waals surface area (Å²) in [6.07, 6.45) is 1.13. The molecule has 0 bridgehead atoms. The zero-order chi connectivity index (χ0) is 24.8. The number of benzene rings is 1. The Balaban J connectivity index is 2.08. The van der Waals surface area contributed by atoms with Crippen LogP contribution in [0.15, 0.2) is 35.5 Å². The lowest BCUT2D eigenvalue weighted by atomic mass is 9.87. The van der Waals surface area contributed by atoms with Crippen molar-refractivity contribution in [3.05, 3.63) is 57.6 Å². The van der Waals surface area contributed by atoms with Crippen LogP contribution in [0.3, 0.4) is 0 Å². The van der Waals surface area contributed by atoms with E-state index < -0.39 is 49.6 Å². The summed E-state index contributed by atoms with van der Waals surface area (Å²) in [6, 6.07) is 4.96. The van der Waals surface area contributed by atoms with Crippen LogP contribution in [0, 0.1) is 5.82 Å². The molecular weight excluding hydrogens is 497 g/mol. The number of alkyl halides is 1. The number of anilines is 1. The molecule has 178 valence electrons. The van der Waals surface area contributed by atoms with Crippen molar-refractivity contribution in [2.45, 2.75) is 42.7 Å². The lowest BCUT2D eigenvalue weighted by molar-refractivity contribution is 0.102. The van der Waals surface area contributed by atoms with Gasteiger partial charge in [0.2, 0.25) is 0 Å². The van der Waals surface area contributed by atoms with E-state index in [1.807, 2.05) is 0 Å². The predicted molar refractivity (Wildman–Crippen MR) is 125 cm³/mol. The van der Waals surface area contributed by atoms with Gasteiger partial charge in [0.25, 0.3) is 5.91 Å². The fourth-order valence-electron chi connectivity index (χ4n) is 3.89. The van der Waals surface area contributed by atoms with Crippen LogP contribution in [0.5, 0.6) is 0 Å². The number of halogens is 4. The first kappa shape index (κ1) is 25.3. The van der Waals surface area contributed by atoms with Gasteiger partial charge in [0, 0.05) is 17.4 Å². The molecule has 0 fully saturated rings. The van der Waals surface area contributed by atoms with Crippen LogP contribution >= 0.6 is 23.2 Å². The zero-order valence-corrected chi connectivity index (χ0v) is 20.3. The molecule has 0 saturated heterocycles.